The maximum Gasteiger partial charge on any atom is 0.226 e. The molecule has 1 amide bonds. The first-order valence-corrected chi connectivity index (χ1v) is 10.9. The molecule has 0 unspecified atom stereocenters. The third-order valence-electron chi connectivity index (χ3n) is 5.94. The summed E-state index contributed by atoms with van der Waals surface area (Å²) in [6.45, 7) is 1.99. The molecule has 0 radical (unpaired) electrons. The van der Waals surface area contributed by atoms with Crippen LogP contribution in [0.4, 0.5) is 5.82 Å². The molecule has 3 heterocycles. The fourth-order valence-electron chi connectivity index (χ4n) is 4.79. The SMILES string of the molecule is Cc1nn([C@@H]2CCS(=O)(=O)C2)c2c1[C@@H](C1CCCCC1)CC(=O)N2. The Bertz CT molecular complexity index is 762. The zero-order valence-electron chi connectivity index (χ0n) is 14.1. The molecule has 2 aliphatic heterocycles. The quantitative estimate of drug-likeness (QED) is 0.888. The van der Waals surface area contributed by atoms with Gasteiger partial charge in [-0.05, 0) is 32.1 Å². The summed E-state index contributed by atoms with van der Waals surface area (Å²) in [5.74, 6) is 1.94. The molecular weight excluding hydrogens is 326 g/mol. The number of aromatic nitrogens is 2. The number of anilines is 1. The van der Waals surface area contributed by atoms with Crippen LogP contribution in [0.15, 0.2) is 0 Å². The van der Waals surface area contributed by atoms with Crippen LogP contribution in [0, 0.1) is 12.8 Å². The predicted octanol–water partition coefficient (Wildman–Crippen LogP) is 2.56. The van der Waals surface area contributed by atoms with Crippen LogP contribution in [0.5, 0.6) is 0 Å². The number of amides is 1. The van der Waals surface area contributed by atoms with Crippen molar-refractivity contribution in [1.82, 2.24) is 9.78 Å². The zero-order valence-corrected chi connectivity index (χ0v) is 14.9. The summed E-state index contributed by atoms with van der Waals surface area (Å²) in [6, 6.07) is -0.150. The maximum atomic E-state index is 12.3. The van der Waals surface area contributed by atoms with Gasteiger partial charge >= 0.3 is 0 Å². The number of hydrogen-bond donors (Lipinski definition) is 1. The van der Waals surface area contributed by atoms with Gasteiger partial charge in [0.25, 0.3) is 0 Å². The average molecular weight is 351 g/mol. The number of aryl methyl sites for hydroxylation is 1. The second kappa shape index (κ2) is 5.86. The second-order valence-electron chi connectivity index (χ2n) is 7.61. The monoisotopic (exact) mass is 351 g/mol. The number of carbonyl (C=O) groups excluding carboxylic acids is 1. The van der Waals surface area contributed by atoms with Crippen molar-refractivity contribution in [1.29, 1.82) is 0 Å². The molecule has 1 N–H and O–H groups in total. The third-order valence-corrected chi connectivity index (χ3v) is 7.69. The van der Waals surface area contributed by atoms with E-state index < -0.39 is 9.84 Å². The summed E-state index contributed by atoms with van der Waals surface area (Å²) < 4.78 is 25.5. The van der Waals surface area contributed by atoms with E-state index in [0.717, 1.165) is 17.1 Å². The van der Waals surface area contributed by atoms with Crippen LogP contribution >= 0.6 is 0 Å². The Kier molecular flexibility index (Phi) is 3.94. The van der Waals surface area contributed by atoms with Gasteiger partial charge < -0.3 is 5.32 Å². The Hall–Kier alpha value is -1.37. The zero-order chi connectivity index (χ0) is 16.9. The maximum absolute atomic E-state index is 12.3. The van der Waals surface area contributed by atoms with E-state index in [4.69, 9.17) is 0 Å². The second-order valence-corrected chi connectivity index (χ2v) is 9.83. The Labute approximate surface area is 142 Å². The Morgan fingerprint density at radius 2 is 1.92 bits per heavy atom. The van der Waals surface area contributed by atoms with Gasteiger partial charge in [-0.1, -0.05) is 19.3 Å². The summed E-state index contributed by atoms with van der Waals surface area (Å²) in [6.07, 6.45) is 7.26. The third kappa shape index (κ3) is 2.76. The molecule has 4 rings (SSSR count). The number of nitrogens with zero attached hydrogens (tertiary/aromatic N) is 2. The highest BCUT2D eigenvalue weighted by atomic mass is 32.2. The topological polar surface area (TPSA) is 81.1 Å². The molecule has 2 fully saturated rings. The smallest absolute Gasteiger partial charge is 0.226 e. The molecular formula is C17H25N3O3S. The molecule has 7 heteroatoms. The van der Waals surface area contributed by atoms with Gasteiger partial charge in [-0.3, -0.25) is 4.79 Å². The van der Waals surface area contributed by atoms with Gasteiger partial charge in [0.1, 0.15) is 5.82 Å². The first-order valence-electron chi connectivity index (χ1n) is 9.04. The highest BCUT2D eigenvalue weighted by Gasteiger charge is 2.39. The molecule has 1 saturated heterocycles. The lowest BCUT2D eigenvalue weighted by Crippen LogP contribution is -2.30. The van der Waals surface area contributed by atoms with Gasteiger partial charge in [-0.2, -0.15) is 5.10 Å². The fourth-order valence-corrected chi connectivity index (χ4v) is 6.48. The van der Waals surface area contributed by atoms with Gasteiger partial charge in [-0.25, -0.2) is 13.1 Å². The first-order chi connectivity index (χ1) is 11.4. The molecule has 1 aliphatic carbocycles. The van der Waals surface area contributed by atoms with Gasteiger partial charge in [0.2, 0.25) is 5.91 Å². The lowest BCUT2D eigenvalue weighted by molar-refractivity contribution is -0.117. The van der Waals surface area contributed by atoms with Crippen LogP contribution in [-0.2, 0) is 14.6 Å². The van der Waals surface area contributed by atoms with Gasteiger partial charge in [-0.15, -0.1) is 0 Å². The van der Waals surface area contributed by atoms with Crippen molar-refractivity contribution in [2.24, 2.45) is 5.92 Å². The molecule has 132 valence electrons. The Morgan fingerprint density at radius 3 is 2.58 bits per heavy atom. The van der Waals surface area contributed by atoms with Crippen molar-refractivity contribution in [3.8, 4) is 0 Å². The minimum absolute atomic E-state index is 0.0417. The average Bonchev–Trinajstić information content (AvgIpc) is 3.07. The van der Waals surface area contributed by atoms with E-state index in [1.54, 1.807) is 4.68 Å². The largest absolute Gasteiger partial charge is 0.311 e. The molecule has 6 nitrogen and oxygen atoms in total. The lowest BCUT2D eigenvalue weighted by atomic mass is 9.74. The van der Waals surface area contributed by atoms with Crippen LogP contribution in [0.1, 0.15) is 68.2 Å². The minimum Gasteiger partial charge on any atom is -0.311 e. The van der Waals surface area contributed by atoms with E-state index in [2.05, 4.69) is 10.4 Å². The molecule has 1 aromatic heterocycles. The number of rotatable bonds is 2. The molecule has 0 aromatic carbocycles. The van der Waals surface area contributed by atoms with E-state index in [0.29, 0.717) is 18.8 Å². The highest BCUT2D eigenvalue weighted by Crippen LogP contribution is 2.45. The van der Waals surface area contributed by atoms with E-state index in [-0.39, 0.29) is 29.4 Å². The van der Waals surface area contributed by atoms with E-state index in [9.17, 15) is 13.2 Å². The summed E-state index contributed by atoms with van der Waals surface area (Å²) in [4.78, 5) is 12.3. The number of hydrogen-bond acceptors (Lipinski definition) is 4. The first kappa shape index (κ1) is 16.1. The number of fused-ring (bicyclic) bond motifs is 1. The number of sulfone groups is 1. The molecule has 1 saturated carbocycles. The number of nitrogens with one attached hydrogen (secondary N) is 1. The van der Waals surface area contributed by atoms with Gasteiger partial charge in [0, 0.05) is 17.9 Å². The molecule has 24 heavy (non-hydrogen) atoms. The van der Waals surface area contributed by atoms with E-state index >= 15 is 0 Å². The van der Waals surface area contributed by atoms with Crippen molar-refractivity contribution in [3.63, 3.8) is 0 Å². The van der Waals surface area contributed by atoms with Crippen LogP contribution in [0.25, 0.3) is 0 Å². The molecule has 0 spiro atoms. The van der Waals surface area contributed by atoms with Crippen molar-refractivity contribution >= 4 is 21.6 Å². The summed E-state index contributed by atoms with van der Waals surface area (Å²) >= 11 is 0. The Balaban J connectivity index is 1.72. The van der Waals surface area contributed by atoms with Crippen molar-refractivity contribution in [2.75, 3.05) is 16.8 Å². The van der Waals surface area contributed by atoms with Crippen LogP contribution in [0.2, 0.25) is 0 Å². The fraction of sp³-hybridized carbons (Fsp3) is 0.765. The minimum atomic E-state index is -2.98. The molecule has 2 atom stereocenters. The standard InChI is InChI=1S/C17H25N3O3S/c1-11-16-14(12-5-3-2-4-6-12)9-15(21)18-17(16)20(19-11)13-7-8-24(22,23)10-13/h12-14H,2-10H2,1H3,(H,18,21)/t13-,14-/m1/s1. The molecule has 1 aromatic rings. The lowest BCUT2D eigenvalue weighted by Gasteiger charge is -2.33. The molecule has 0 bridgehead atoms. The van der Waals surface area contributed by atoms with E-state index in [1.807, 2.05) is 6.92 Å². The summed E-state index contributed by atoms with van der Waals surface area (Å²) in [5.41, 5.74) is 2.11. The van der Waals surface area contributed by atoms with Gasteiger partial charge in [0.15, 0.2) is 9.84 Å². The Morgan fingerprint density at radius 1 is 1.17 bits per heavy atom. The van der Waals surface area contributed by atoms with E-state index in [1.165, 1.54) is 32.1 Å². The summed E-state index contributed by atoms with van der Waals surface area (Å²) in [7, 11) is -2.98. The highest BCUT2D eigenvalue weighted by molar-refractivity contribution is 7.91. The number of carbonyl (C=O) groups is 1. The van der Waals surface area contributed by atoms with Crippen molar-refractivity contribution in [2.45, 2.75) is 63.8 Å². The molecule has 3 aliphatic rings. The van der Waals surface area contributed by atoms with Crippen LogP contribution in [-0.4, -0.2) is 35.6 Å². The summed E-state index contributed by atoms with van der Waals surface area (Å²) in [5, 5.41) is 7.65. The van der Waals surface area contributed by atoms with Crippen molar-refractivity contribution < 1.29 is 13.2 Å². The van der Waals surface area contributed by atoms with Gasteiger partial charge in [0.05, 0.1) is 23.2 Å². The van der Waals surface area contributed by atoms with Crippen LogP contribution in [0.3, 0.4) is 0 Å². The van der Waals surface area contributed by atoms with Crippen molar-refractivity contribution in [3.05, 3.63) is 11.3 Å². The normalized spacial score (nSPS) is 30.1. The predicted molar refractivity (Wildman–Crippen MR) is 91.8 cm³/mol. The van der Waals surface area contributed by atoms with Crippen LogP contribution < -0.4 is 5.32 Å².